The first-order valence-electron chi connectivity index (χ1n) is 18.5. The molecule has 9 rings (SSSR count). The molecule has 1 aliphatic heterocycles. The van der Waals surface area contributed by atoms with Gasteiger partial charge < -0.3 is 36.0 Å². The zero-order chi connectivity index (χ0) is 37.2. The minimum Gasteiger partial charge on any atom is -1.00 e. The van der Waals surface area contributed by atoms with Crippen LogP contribution in [0.15, 0.2) is 197 Å². The maximum atomic E-state index is 13.7. The van der Waals surface area contributed by atoms with Crippen molar-refractivity contribution in [3.8, 4) is 28.6 Å². The average molecular weight is 818 g/mol. The molecule has 7 aromatic carbocycles. The van der Waals surface area contributed by atoms with Crippen molar-refractivity contribution in [3.63, 3.8) is 0 Å². The summed E-state index contributed by atoms with van der Waals surface area (Å²) in [6, 6.07) is 63.4. The van der Waals surface area contributed by atoms with E-state index in [0.717, 1.165) is 35.7 Å². The standard InChI is InChI=1S/C49H37O5P.BrH/c50-44-42-32-33-43-48(54-49(53-43,37-18-6-1-7-19-37)38-20-8-2-9-21-38)47(42)52-46(45(44)51)36-30-28-35(29-31-36)17-16-34-55(39-22-10-3-11-23-39,40-24-12-4-13-25-40)41-26-14-5-15-27-41;/h1-15,18-33H,16-17,34H2;1H. The topological polar surface area (TPSA) is 68.9 Å². The van der Waals surface area contributed by atoms with E-state index < -0.39 is 24.2 Å². The first-order valence-corrected chi connectivity index (χ1v) is 20.5. The second kappa shape index (κ2) is 15.7. The summed E-state index contributed by atoms with van der Waals surface area (Å²) in [5, 5.41) is 15.5. The van der Waals surface area contributed by atoms with Crippen LogP contribution in [0.3, 0.4) is 0 Å². The van der Waals surface area contributed by atoms with Crippen LogP contribution >= 0.6 is 7.26 Å². The lowest BCUT2D eigenvalue weighted by Gasteiger charge is -2.28. The van der Waals surface area contributed by atoms with Crippen molar-refractivity contribution in [3.05, 3.63) is 215 Å². The molecule has 0 spiro atoms. The van der Waals surface area contributed by atoms with Gasteiger partial charge in [0.25, 0.3) is 0 Å². The Balaban J connectivity index is 0.00000441. The van der Waals surface area contributed by atoms with Crippen LogP contribution in [0.4, 0.5) is 0 Å². The summed E-state index contributed by atoms with van der Waals surface area (Å²) < 4.78 is 19.8. The maximum absolute atomic E-state index is 13.7. The summed E-state index contributed by atoms with van der Waals surface area (Å²) in [5.74, 6) is -0.906. The number of aromatic hydroxyl groups is 1. The molecular weight excluding hydrogens is 779 g/mol. The molecule has 7 heteroatoms. The molecule has 0 radical (unpaired) electrons. The summed E-state index contributed by atoms with van der Waals surface area (Å²) in [7, 11) is -1.94. The van der Waals surface area contributed by atoms with Gasteiger partial charge in [-0.05, 0) is 66.9 Å². The molecule has 0 saturated carbocycles. The van der Waals surface area contributed by atoms with Gasteiger partial charge in [-0.25, -0.2) is 0 Å². The summed E-state index contributed by atoms with van der Waals surface area (Å²) in [5.41, 5.74) is 3.01. The van der Waals surface area contributed by atoms with Crippen molar-refractivity contribution in [1.29, 1.82) is 0 Å². The molecule has 1 N–H and O–H groups in total. The lowest BCUT2D eigenvalue weighted by Crippen LogP contribution is -3.00. The summed E-state index contributed by atoms with van der Waals surface area (Å²) in [6.45, 7) is 0. The Hall–Kier alpha value is -5.94. The molecule has 2 heterocycles. The molecule has 5 nitrogen and oxygen atoms in total. The summed E-state index contributed by atoms with van der Waals surface area (Å²) >= 11 is 0. The van der Waals surface area contributed by atoms with Gasteiger partial charge in [0.05, 0.1) is 11.5 Å². The first kappa shape index (κ1) is 37.0. The largest absolute Gasteiger partial charge is 1.00 e. The Bertz CT molecular complexity index is 2500. The smallest absolute Gasteiger partial charge is 0.305 e. The van der Waals surface area contributed by atoms with Crippen molar-refractivity contribution >= 4 is 34.1 Å². The SMILES string of the molecule is O=c1c(O)c(-c2ccc(CCC[P+](c3ccccc3)(c3ccccc3)c3ccccc3)cc2)oc2c3c(ccc12)OC(c1ccccc1)(c1ccccc1)O3.[Br-]. The highest BCUT2D eigenvalue weighted by atomic mass is 79.9. The van der Waals surface area contributed by atoms with Crippen molar-refractivity contribution in [2.45, 2.75) is 18.6 Å². The normalized spacial score (nSPS) is 12.9. The number of ether oxygens (including phenoxy) is 2. The molecule has 276 valence electrons. The molecule has 0 aliphatic carbocycles. The second-order valence-electron chi connectivity index (χ2n) is 13.8. The molecule has 0 unspecified atom stereocenters. The highest BCUT2D eigenvalue weighted by Crippen LogP contribution is 2.56. The van der Waals surface area contributed by atoms with Gasteiger partial charge in [0.15, 0.2) is 17.1 Å². The van der Waals surface area contributed by atoms with Crippen LogP contribution in [0.5, 0.6) is 17.2 Å². The quantitative estimate of drug-likeness (QED) is 0.155. The molecule has 0 saturated heterocycles. The highest BCUT2D eigenvalue weighted by molar-refractivity contribution is 7.95. The van der Waals surface area contributed by atoms with Crippen molar-refractivity contribution in [2.75, 3.05) is 6.16 Å². The Kier molecular flexibility index (Phi) is 10.3. The van der Waals surface area contributed by atoms with Gasteiger partial charge in [0, 0.05) is 16.7 Å². The number of rotatable bonds is 10. The lowest BCUT2D eigenvalue weighted by atomic mass is 9.97. The third-order valence-electron chi connectivity index (χ3n) is 10.5. The van der Waals surface area contributed by atoms with E-state index in [9.17, 15) is 9.90 Å². The second-order valence-corrected chi connectivity index (χ2v) is 17.4. The minimum absolute atomic E-state index is 0. The summed E-state index contributed by atoms with van der Waals surface area (Å²) in [6.07, 6.45) is 2.84. The Morgan fingerprint density at radius 1 is 0.554 bits per heavy atom. The van der Waals surface area contributed by atoms with Crippen LogP contribution in [0.2, 0.25) is 0 Å². The minimum atomic E-state index is -1.94. The number of hydrogen-bond acceptors (Lipinski definition) is 5. The maximum Gasteiger partial charge on any atom is 0.305 e. The van der Waals surface area contributed by atoms with E-state index in [2.05, 4.69) is 103 Å². The van der Waals surface area contributed by atoms with E-state index in [4.69, 9.17) is 13.9 Å². The van der Waals surface area contributed by atoms with E-state index >= 15 is 0 Å². The molecule has 0 bridgehead atoms. The van der Waals surface area contributed by atoms with Crippen molar-refractivity contribution in [1.82, 2.24) is 0 Å². The van der Waals surface area contributed by atoms with Crippen molar-refractivity contribution < 1.29 is 36.0 Å². The average Bonchev–Trinajstić information content (AvgIpc) is 3.67. The number of halogens is 1. The van der Waals surface area contributed by atoms with Gasteiger partial charge in [-0.15, -0.1) is 0 Å². The Morgan fingerprint density at radius 2 is 1.04 bits per heavy atom. The fraction of sp³-hybridized carbons (Fsp3) is 0.0816. The Morgan fingerprint density at radius 3 is 1.54 bits per heavy atom. The van der Waals surface area contributed by atoms with Gasteiger partial charge in [0.1, 0.15) is 23.2 Å². The Labute approximate surface area is 336 Å². The number of fused-ring (bicyclic) bond motifs is 3. The number of aryl methyl sites for hydroxylation is 1. The molecule has 0 atom stereocenters. The van der Waals surface area contributed by atoms with E-state index in [-0.39, 0.29) is 33.7 Å². The third kappa shape index (κ3) is 6.49. The number of benzene rings is 7. The van der Waals surface area contributed by atoms with E-state index in [1.807, 2.05) is 72.8 Å². The van der Waals surface area contributed by atoms with Gasteiger partial charge in [-0.3, -0.25) is 4.79 Å². The van der Waals surface area contributed by atoms with E-state index in [0.29, 0.717) is 17.1 Å². The molecule has 56 heavy (non-hydrogen) atoms. The van der Waals surface area contributed by atoms with Gasteiger partial charge >= 0.3 is 5.79 Å². The monoisotopic (exact) mass is 816 g/mol. The summed E-state index contributed by atoms with van der Waals surface area (Å²) in [4.78, 5) is 13.7. The zero-order valence-corrected chi connectivity index (χ0v) is 32.9. The van der Waals surface area contributed by atoms with Gasteiger partial charge in [0.2, 0.25) is 16.9 Å². The molecule has 0 amide bonds. The van der Waals surface area contributed by atoms with Crippen LogP contribution in [-0.2, 0) is 12.2 Å². The highest BCUT2D eigenvalue weighted by Gasteiger charge is 2.47. The van der Waals surface area contributed by atoms with Crippen LogP contribution in [0.1, 0.15) is 23.1 Å². The molecular formula is C49H38BrO5P. The van der Waals surface area contributed by atoms with E-state index in [1.165, 1.54) is 15.9 Å². The predicted octanol–water partition coefficient (Wildman–Crippen LogP) is 6.77. The zero-order valence-electron chi connectivity index (χ0n) is 30.4. The van der Waals surface area contributed by atoms with Gasteiger partial charge in [-0.2, -0.15) is 0 Å². The fourth-order valence-electron chi connectivity index (χ4n) is 7.84. The van der Waals surface area contributed by atoms with Gasteiger partial charge in [-0.1, -0.05) is 140 Å². The molecule has 1 aliphatic rings. The van der Waals surface area contributed by atoms with Crippen LogP contribution in [0.25, 0.3) is 22.3 Å². The van der Waals surface area contributed by atoms with E-state index in [1.54, 1.807) is 12.1 Å². The lowest BCUT2D eigenvalue weighted by molar-refractivity contribution is -0.0456. The molecule has 1 aromatic heterocycles. The van der Waals surface area contributed by atoms with Crippen LogP contribution < -0.4 is 47.8 Å². The predicted molar refractivity (Wildman–Crippen MR) is 223 cm³/mol. The number of hydrogen-bond donors (Lipinski definition) is 1. The first-order chi connectivity index (χ1) is 27.1. The molecule has 0 fully saturated rings. The third-order valence-corrected chi connectivity index (χ3v) is 15.1. The molecule has 8 aromatic rings. The fourth-order valence-corrected chi connectivity index (χ4v) is 12.2. The van der Waals surface area contributed by atoms with Crippen LogP contribution in [-0.4, -0.2) is 11.3 Å². The van der Waals surface area contributed by atoms with Crippen molar-refractivity contribution in [2.24, 2.45) is 0 Å². The van der Waals surface area contributed by atoms with Crippen LogP contribution in [0, 0.1) is 0 Å².